The minimum Gasteiger partial charge on any atom is -0.483 e. The van der Waals surface area contributed by atoms with E-state index in [2.05, 4.69) is 0 Å². The fourth-order valence-corrected chi connectivity index (χ4v) is 1.32. The summed E-state index contributed by atoms with van der Waals surface area (Å²) >= 11 is 1.04. The maximum Gasteiger partial charge on any atom is 0.290 e. The van der Waals surface area contributed by atoms with Gasteiger partial charge in [-0.3, -0.25) is 14.4 Å². The zero-order valence-electron chi connectivity index (χ0n) is 8.23. The number of thioether (sulfide) groups is 1. The van der Waals surface area contributed by atoms with Gasteiger partial charge in [0.15, 0.2) is 0 Å². The predicted molar refractivity (Wildman–Crippen MR) is 55.1 cm³/mol. The molecule has 0 aliphatic heterocycles. The van der Waals surface area contributed by atoms with Gasteiger partial charge in [-0.2, -0.15) is 0 Å². The van der Waals surface area contributed by atoms with Crippen LogP contribution in [-0.4, -0.2) is 34.3 Å². The molecule has 0 aliphatic carbocycles. The molecule has 0 spiro atoms. The first-order chi connectivity index (χ1) is 6.45. The van der Waals surface area contributed by atoms with E-state index in [0.717, 1.165) is 18.2 Å². The molecule has 0 aromatic carbocycles. The van der Waals surface area contributed by atoms with Gasteiger partial charge in [-0.15, -0.1) is 0 Å². The van der Waals surface area contributed by atoms with Crippen molar-refractivity contribution in [1.29, 1.82) is 0 Å². The van der Waals surface area contributed by atoms with Gasteiger partial charge in [0.1, 0.15) is 0 Å². The number of nitrogens with two attached hydrogens (primary N) is 1. The molecule has 0 saturated carbocycles. The minimum absolute atomic E-state index is 0.0993. The normalized spacial score (nSPS) is 10.8. The standard InChI is InChI=1S/C7H13NO2S.CH2O2/c1-5(8)3-4-11-7(10)6(2)9;2-1-3/h5H,3-4,8H2,1-2H3;1H,(H,2,3). The third kappa shape index (κ3) is 13.7. The van der Waals surface area contributed by atoms with Crippen LogP contribution in [0.5, 0.6) is 0 Å². The van der Waals surface area contributed by atoms with E-state index >= 15 is 0 Å². The highest BCUT2D eigenvalue weighted by molar-refractivity contribution is 8.15. The Bertz CT molecular complexity index is 194. The Morgan fingerprint density at radius 2 is 2.00 bits per heavy atom. The quantitative estimate of drug-likeness (QED) is 0.522. The summed E-state index contributed by atoms with van der Waals surface area (Å²) in [6, 6.07) is 0.0993. The van der Waals surface area contributed by atoms with Crippen LogP contribution in [0.15, 0.2) is 0 Å². The minimum atomic E-state index is -0.389. The van der Waals surface area contributed by atoms with Crippen molar-refractivity contribution < 1.29 is 19.5 Å². The molecule has 3 N–H and O–H groups in total. The van der Waals surface area contributed by atoms with Gasteiger partial charge in [0.2, 0.25) is 5.78 Å². The highest BCUT2D eigenvalue weighted by atomic mass is 32.2. The summed E-state index contributed by atoms with van der Waals surface area (Å²) < 4.78 is 0. The molecule has 0 amide bonds. The maximum atomic E-state index is 10.7. The molecule has 1 unspecified atom stereocenters. The van der Waals surface area contributed by atoms with Crippen molar-refractivity contribution in [2.45, 2.75) is 26.3 Å². The molecule has 0 bridgehead atoms. The molecular formula is C8H15NO4S. The lowest BCUT2D eigenvalue weighted by Crippen LogP contribution is -2.16. The Balaban J connectivity index is 0. The number of carboxylic acid groups (broad SMARTS) is 1. The van der Waals surface area contributed by atoms with Gasteiger partial charge < -0.3 is 10.8 Å². The Kier molecular flexibility index (Phi) is 11.4. The molecule has 14 heavy (non-hydrogen) atoms. The van der Waals surface area contributed by atoms with Crippen LogP contribution in [0.3, 0.4) is 0 Å². The molecular weight excluding hydrogens is 206 g/mol. The van der Waals surface area contributed by atoms with Gasteiger partial charge in [0, 0.05) is 18.7 Å². The number of carbonyl (C=O) groups is 3. The van der Waals surface area contributed by atoms with Crippen molar-refractivity contribution in [3.05, 3.63) is 0 Å². The Morgan fingerprint density at radius 1 is 1.57 bits per heavy atom. The van der Waals surface area contributed by atoms with Crippen molar-refractivity contribution in [2.75, 3.05) is 5.75 Å². The van der Waals surface area contributed by atoms with Crippen LogP contribution in [0.2, 0.25) is 0 Å². The average molecular weight is 221 g/mol. The molecule has 5 nitrogen and oxygen atoms in total. The molecule has 1 atom stereocenters. The van der Waals surface area contributed by atoms with Crippen molar-refractivity contribution in [1.82, 2.24) is 0 Å². The number of ketones is 1. The smallest absolute Gasteiger partial charge is 0.290 e. The number of rotatable bonds is 4. The first-order valence-corrected chi connectivity index (χ1v) is 4.95. The van der Waals surface area contributed by atoms with Gasteiger partial charge in [-0.05, 0) is 13.3 Å². The second kappa shape index (κ2) is 10.2. The van der Waals surface area contributed by atoms with Crippen LogP contribution in [0.1, 0.15) is 20.3 Å². The van der Waals surface area contributed by atoms with Gasteiger partial charge in [0.05, 0.1) is 0 Å². The molecule has 0 heterocycles. The Labute approximate surface area is 87.0 Å². The fraction of sp³-hybridized carbons (Fsp3) is 0.625. The summed E-state index contributed by atoms with van der Waals surface area (Å²) in [6.45, 7) is 2.90. The fourth-order valence-electron chi connectivity index (χ4n) is 0.439. The molecule has 6 heteroatoms. The highest BCUT2D eigenvalue weighted by Gasteiger charge is 2.07. The number of hydrogen-bond acceptors (Lipinski definition) is 5. The van der Waals surface area contributed by atoms with E-state index in [1.54, 1.807) is 0 Å². The van der Waals surface area contributed by atoms with E-state index in [1.165, 1.54) is 6.92 Å². The van der Waals surface area contributed by atoms with Gasteiger partial charge in [0.25, 0.3) is 11.6 Å². The van der Waals surface area contributed by atoms with Gasteiger partial charge >= 0.3 is 0 Å². The predicted octanol–water partition coefficient (Wildman–Crippen LogP) is 0.273. The van der Waals surface area contributed by atoms with E-state index < -0.39 is 0 Å². The van der Waals surface area contributed by atoms with E-state index in [-0.39, 0.29) is 23.4 Å². The van der Waals surface area contributed by atoms with Crippen LogP contribution in [0.25, 0.3) is 0 Å². The molecule has 0 radical (unpaired) electrons. The molecule has 0 aromatic heterocycles. The van der Waals surface area contributed by atoms with E-state index in [4.69, 9.17) is 15.6 Å². The zero-order chi connectivity index (χ0) is 11.6. The van der Waals surface area contributed by atoms with Gasteiger partial charge in [-0.25, -0.2) is 0 Å². The number of Topliss-reactive ketones (excluding diaryl/α,β-unsaturated/α-hetero) is 1. The summed E-state index contributed by atoms with van der Waals surface area (Å²) in [5.74, 6) is 0.246. The van der Waals surface area contributed by atoms with Crippen LogP contribution >= 0.6 is 11.8 Å². The molecule has 82 valence electrons. The Hall–Kier alpha value is -0.880. The second-order valence-corrected chi connectivity index (χ2v) is 3.63. The van der Waals surface area contributed by atoms with Crippen LogP contribution in [0.4, 0.5) is 0 Å². The van der Waals surface area contributed by atoms with Crippen LogP contribution in [0, 0.1) is 0 Å². The van der Waals surface area contributed by atoms with Crippen LogP contribution in [-0.2, 0) is 14.4 Å². The first kappa shape index (κ1) is 15.6. The largest absolute Gasteiger partial charge is 0.483 e. The van der Waals surface area contributed by atoms with E-state index in [9.17, 15) is 9.59 Å². The van der Waals surface area contributed by atoms with E-state index in [0.29, 0.717) is 5.75 Å². The summed E-state index contributed by atoms with van der Waals surface area (Å²) in [6.07, 6.45) is 0.768. The number of hydrogen-bond donors (Lipinski definition) is 2. The molecule has 0 rings (SSSR count). The molecule has 0 aliphatic rings. The monoisotopic (exact) mass is 221 g/mol. The molecule has 0 aromatic rings. The zero-order valence-corrected chi connectivity index (χ0v) is 9.04. The lowest BCUT2D eigenvalue weighted by molar-refractivity contribution is -0.130. The lowest BCUT2D eigenvalue weighted by atomic mass is 10.3. The summed E-state index contributed by atoms with van der Waals surface area (Å²) in [5.41, 5.74) is 5.45. The first-order valence-electron chi connectivity index (χ1n) is 3.96. The summed E-state index contributed by atoms with van der Waals surface area (Å²) in [5, 5.41) is 6.52. The van der Waals surface area contributed by atoms with E-state index in [1.807, 2.05) is 6.92 Å². The SMILES string of the molecule is CC(=O)C(=O)SCCC(C)N.O=CO. The average Bonchev–Trinajstić information content (AvgIpc) is 2.04. The summed E-state index contributed by atoms with van der Waals surface area (Å²) in [4.78, 5) is 29.5. The third-order valence-electron chi connectivity index (χ3n) is 1.09. The lowest BCUT2D eigenvalue weighted by Gasteiger charge is -2.01. The summed E-state index contributed by atoms with van der Waals surface area (Å²) in [7, 11) is 0. The second-order valence-electron chi connectivity index (χ2n) is 2.56. The molecule has 0 fully saturated rings. The molecule has 0 saturated heterocycles. The Morgan fingerprint density at radius 3 is 2.29 bits per heavy atom. The van der Waals surface area contributed by atoms with Crippen molar-refractivity contribution in [3.8, 4) is 0 Å². The topological polar surface area (TPSA) is 97.5 Å². The maximum absolute atomic E-state index is 10.7. The third-order valence-corrected chi connectivity index (χ3v) is 2.08. The number of carbonyl (C=O) groups excluding carboxylic acids is 2. The highest BCUT2D eigenvalue weighted by Crippen LogP contribution is 2.05. The van der Waals surface area contributed by atoms with Crippen molar-refractivity contribution >= 4 is 29.1 Å². The van der Waals surface area contributed by atoms with Crippen LogP contribution < -0.4 is 5.73 Å². The van der Waals surface area contributed by atoms with Gasteiger partial charge in [-0.1, -0.05) is 11.8 Å². The van der Waals surface area contributed by atoms with Crippen molar-refractivity contribution in [3.63, 3.8) is 0 Å². The van der Waals surface area contributed by atoms with Crippen molar-refractivity contribution in [2.24, 2.45) is 5.73 Å².